The highest BCUT2D eigenvalue weighted by molar-refractivity contribution is 5.94. The summed E-state index contributed by atoms with van der Waals surface area (Å²) in [6.45, 7) is 3.14. The molecule has 8 nitrogen and oxygen atoms in total. The first-order chi connectivity index (χ1) is 11.7. The van der Waals surface area contributed by atoms with Crippen LogP contribution in [0, 0.1) is 12.8 Å². The Balaban J connectivity index is 1.57. The fourth-order valence-corrected chi connectivity index (χ4v) is 3.59. The minimum atomic E-state index is -0.309. The van der Waals surface area contributed by atoms with Crippen molar-refractivity contribution in [1.82, 2.24) is 25.7 Å². The summed E-state index contributed by atoms with van der Waals surface area (Å²) in [5.41, 5.74) is 2.62. The molecule has 2 N–H and O–H groups in total. The summed E-state index contributed by atoms with van der Waals surface area (Å²) >= 11 is 0. The highest BCUT2D eigenvalue weighted by atomic mass is 16.5. The number of nitrogens with one attached hydrogen (secondary N) is 2. The smallest absolute Gasteiger partial charge is 0.272 e. The number of H-pyrrole nitrogens is 1. The largest absolute Gasteiger partial charge is 0.381 e. The molecule has 4 rings (SSSR count). The lowest BCUT2D eigenvalue weighted by atomic mass is 9.91. The van der Waals surface area contributed by atoms with Crippen molar-refractivity contribution in [2.24, 2.45) is 5.92 Å². The van der Waals surface area contributed by atoms with Gasteiger partial charge in [-0.05, 0) is 44.9 Å². The average molecular weight is 331 g/mol. The molecule has 1 aliphatic heterocycles. The monoisotopic (exact) mass is 331 g/mol. The molecule has 0 unspecified atom stereocenters. The molecule has 2 aliphatic rings. The van der Waals surface area contributed by atoms with Crippen molar-refractivity contribution in [3.05, 3.63) is 28.7 Å². The topological polar surface area (TPSA) is 106 Å². The Bertz CT molecular complexity index is 732. The fraction of sp³-hybridized carbons (Fsp3) is 0.625. The van der Waals surface area contributed by atoms with E-state index in [9.17, 15) is 4.79 Å². The first-order valence-electron chi connectivity index (χ1n) is 8.47. The molecule has 1 fully saturated rings. The second-order valence-corrected chi connectivity index (χ2v) is 6.46. The van der Waals surface area contributed by atoms with Crippen LogP contribution >= 0.6 is 0 Å². The van der Waals surface area contributed by atoms with Gasteiger partial charge < -0.3 is 14.6 Å². The Kier molecular flexibility index (Phi) is 4.05. The van der Waals surface area contributed by atoms with Crippen molar-refractivity contribution >= 4 is 5.91 Å². The number of carbonyl (C=O) groups excluding carboxylic acids is 1. The molecule has 8 heteroatoms. The third-order valence-corrected chi connectivity index (χ3v) is 4.85. The number of ether oxygens (including phenoxy) is 1. The van der Waals surface area contributed by atoms with Crippen LogP contribution in [-0.2, 0) is 17.6 Å². The van der Waals surface area contributed by atoms with Crippen LogP contribution in [0.15, 0.2) is 4.52 Å². The zero-order valence-corrected chi connectivity index (χ0v) is 13.7. The standard InChI is InChI=1S/C16H21N5O3/c1-9-17-16(24-21-9)13(10-5-7-23-8-6-10)18-15(22)14-11-3-2-4-12(11)19-20-14/h10,13H,2-8H2,1H3,(H,18,22)(H,19,20)/t13-/m1/s1. The summed E-state index contributed by atoms with van der Waals surface area (Å²) in [6.07, 6.45) is 4.63. The van der Waals surface area contributed by atoms with E-state index < -0.39 is 0 Å². The van der Waals surface area contributed by atoms with Crippen molar-refractivity contribution in [2.75, 3.05) is 13.2 Å². The second kappa shape index (κ2) is 6.35. The van der Waals surface area contributed by atoms with E-state index >= 15 is 0 Å². The molecule has 0 saturated carbocycles. The first-order valence-corrected chi connectivity index (χ1v) is 8.47. The predicted octanol–water partition coefficient (Wildman–Crippen LogP) is 1.49. The van der Waals surface area contributed by atoms with Crippen LogP contribution in [0.1, 0.15) is 58.8 Å². The van der Waals surface area contributed by atoms with Gasteiger partial charge in [-0.25, -0.2) is 0 Å². The zero-order chi connectivity index (χ0) is 16.5. The van der Waals surface area contributed by atoms with E-state index in [1.807, 2.05) is 0 Å². The van der Waals surface area contributed by atoms with E-state index in [0.717, 1.165) is 43.4 Å². The van der Waals surface area contributed by atoms with Gasteiger partial charge in [0.05, 0.1) is 0 Å². The van der Waals surface area contributed by atoms with E-state index in [0.29, 0.717) is 30.6 Å². The Labute approximate surface area is 139 Å². The van der Waals surface area contributed by atoms with Crippen molar-refractivity contribution < 1.29 is 14.1 Å². The zero-order valence-electron chi connectivity index (χ0n) is 13.7. The van der Waals surface area contributed by atoms with Crippen LogP contribution in [0.2, 0.25) is 0 Å². The number of fused-ring (bicyclic) bond motifs is 1. The van der Waals surface area contributed by atoms with Gasteiger partial charge in [-0.2, -0.15) is 10.1 Å². The van der Waals surface area contributed by atoms with Gasteiger partial charge in [-0.1, -0.05) is 5.16 Å². The summed E-state index contributed by atoms with van der Waals surface area (Å²) < 4.78 is 10.8. The number of carbonyl (C=O) groups is 1. The summed E-state index contributed by atoms with van der Waals surface area (Å²) in [6, 6.07) is -0.309. The van der Waals surface area contributed by atoms with Crippen LogP contribution in [0.4, 0.5) is 0 Å². The predicted molar refractivity (Wildman–Crippen MR) is 83.4 cm³/mol. The van der Waals surface area contributed by atoms with Crippen LogP contribution in [-0.4, -0.2) is 39.5 Å². The highest BCUT2D eigenvalue weighted by Gasteiger charge is 2.33. The Morgan fingerprint density at radius 2 is 2.17 bits per heavy atom. The number of aromatic amines is 1. The molecule has 1 amide bonds. The SMILES string of the molecule is Cc1noc([C@H](NC(=O)c2n[nH]c3c2CCC3)C2CCOCC2)n1. The average Bonchev–Trinajstić information content (AvgIpc) is 3.29. The molecule has 2 aromatic heterocycles. The highest BCUT2D eigenvalue weighted by Crippen LogP contribution is 2.30. The number of amides is 1. The van der Waals surface area contributed by atoms with E-state index in [-0.39, 0.29) is 17.9 Å². The molecule has 1 saturated heterocycles. The number of aromatic nitrogens is 4. The van der Waals surface area contributed by atoms with Crippen molar-refractivity contribution in [1.29, 1.82) is 0 Å². The summed E-state index contributed by atoms with van der Waals surface area (Å²) in [5.74, 6) is 1.06. The minimum absolute atomic E-state index is 0.179. The van der Waals surface area contributed by atoms with Crippen molar-refractivity contribution in [3.8, 4) is 0 Å². The maximum Gasteiger partial charge on any atom is 0.272 e. The number of aryl methyl sites for hydroxylation is 2. The number of hydrogen-bond acceptors (Lipinski definition) is 6. The minimum Gasteiger partial charge on any atom is -0.381 e. The van der Waals surface area contributed by atoms with Crippen LogP contribution in [0.5, 0.6) is 0 Å². The fourth-order valence-electron chi connectivity index (χ4n) is 3.59. The molecular weight excluding hydrogens is 310 g/mol. The van der Waals surface area contributed by atoms with Gasteiger partial charge in [0.1, 0.15) is 6.04 Å². The molecular formula is C16H21N5O3. The molecule has 0 bridgehead atoms. The number of hydrogen-bond donors (Lipinski definition) is 2. The normalized spacial score (nSPS) is 19.2. The van der Waals surface area contributed by atoms with E-state index in [4.69, 9.17) is 9.26 Å². The van der Waals surface area contributed by atoms with E-state index in [2.05, 4.69) is 25.7 Å². The Morgan fingerprint density at radius 3 is 2.92 bits per heavy atom. The van der Waals surface area contributed by atoms with E-state index in [1.54, 1.807) is 6.92 Å². The molecule has 128 valence electrons. The molecule has 0 spiro atoms. The lowest BCUT2D eigenvalue weighted by molar-refractivity contribution is 0.0467. The van der Waals surface area contributed by atoms with Crippen LogP contribution in [0.3, 0.4) is 0 Å². The molecule has 0 aromatic carbocycles. The van der Waals surface area contributed by atoms with Crippen molar-refractivity contribution in [3.63, 3.8) is 0 Å². The van der Waals surface area contributed by atoms with Crippen LogP contribution in [0.25, 0.3) is 0 Å². The van der Waals surface area contributed by atoms with Crippen LogP contribution < -0.4 is 5.32 Å². The maximum absolute atomic E-state index is 12.8. The third kappa shape index (κ3) is 2.82. The molecule has 0 radical (unpaired) electrons. The van der Waals surface area contributed by atoms with Gasteiger partial charge >= 0.3 is 0 Å². The molecule has 2 aromatic rings. The second-order valence-electron chi connectivity index (χ2n) is 6.46. The molecule has 1 atom stereocenters. The number of nitrogens with zero attached hydrogens (tertiary/aromatic N) is 3. The lowest BCUT2D eigenvalue weighted by Crippen LogP contribution is -2.36. The van der Waals surface area contributed by atoms with Gasteiger partial charge in [0.2, 0.25) is 5.89 Å². The van der Waals surface area contributed by atoms with Gasteiger partial charge in [0.25, 0.3) is 5.91 Å². The van der Waals surface area contributed by atoms with Gasteiger partial charge in [-0.3, -0.25) is 9.89 Å². The number of rotatable bonds is 4. The lowest BCUT2D eigenvalue weighted by Gasteiger charge is -2.28. The Morgan fingerprint density at radius 1 is 1.33 bits per heavy atom. The third-order valence-electron chi connectivity index (χ3n) is 4.85. The first kappa shape index (κ1) is 15.3. The summed E-state index contributed by atoms with van der Waals surface area (Å²) in [4.78, 5) is 17.1. The molecule has 1 aliphatic carbocycles. The molecule has 3 heterocycles. The van der Waals surface area contributed by atoms with Gasteiger partial charge in [0, 0.05) is 24.5 Å². The van der Waals surface area contributed by atoms with Gasteiger partial charge in [0.15, 0.2) is 11.5 Å². The Hall–Kier alpha value is -2.22. The summed E-state index contributed by atoms with van der Waals surface area (Å²) in [5, 5.41) is 14.1. The van der Waals surface area contributed by atoms with E-state index in [1.165, 1.54) is 0 Å². The maximum atomic E-state index is 12.8. The van der Waals surface area contributed by atoms with Gasteiger partial charge in [-0.15, -0.1) is 0 Å². The summed E-state index contributed by atoms with van der Waals surface area (Å²) in [7, 11) is 0. The van der Waals surface area contributed by atoms with Crippen molar-refractivity contribution in [2.45, 2.75) is 45.1 Å². The quantitative estimate of drug-likeness (QED) is 0.879. The molecule has 24 heavy (non-hydrogen) atoms.